The summed E-state index contributed by atoms with van der Waals surface area (Å²) in [5.74, 6) is 0.223. The van der Waals surface area contributed by atoms with E-state index in [0.717, 1.165) is 42.9 Å². The molecule has 1 fully saturated rings. The van der Waals surface area contributed by atoms with Gasteiger partial charge in [0, 0.05) is 37.6 Å². The predicted octanol–water partition coefficient (Wildman–Crippen LogP) is 1.42. The van der Waals surface area contributed by atoms with E-state index < -0.39 is 0 Å². The molecule has 2 rings (SSSR count). The van der Waals surface area contributed by atoms with Crippen LogP contribution in [0, 0.1) is 0 Å². The van der Waals surface area contributed by atoms with Gasteiger partial charge in [0.05, 0.1) is 10.3 Å². The van der Waals surface area contributed by atoms with Gasteiger partial charge in [-0.15, -0.1) is 11.3 Å². The minimum atomic E-state index is 0.223. The van der Waals surface area contributed by atoms with Gasteiger partial charge in [0.25, 0.3) is 0 Å². The van der Waals surface area contributed by atoms with Crippen LogP contribution in [0.5, 0.6) is 0 Å². The molecule has 6 heteroatoms. The number of halogens is 1. The van der Waals surface area contributed by atoms with Gasteiger partial charge in [-0.2, -0.15) is 0 Å². The van der Waals surface area contributed by atoms with Gasteiger partial charge in [0.1, 0.15) is 0 Å². The first kappa shape index (κ1) is 15.0. The minimum Gasteiger partial charge on any atom is -0.339 e. The summed E-state index contributed by atoms with van der Waals surface area (Å²) in [6.45, 7) is 4.98. The Morgan fingerprint density at radius 2 is 2.11 bits per heavy atom. The van der Waals surface area contributed by atoms with Gasteiger partial charge in [-0.25, -0.2) is 0 Å². The number of hydrogen-bond acceptors (Lipinski definition) is 4. The summed E-state index contributed by atoms with van der Waals surface area (Å²) in [7, 11) is 2.10. The molecule has 1 aromatic rings. The zero-order valence-corrected chi connectivity index (χ0v) is 13.6. The quantitative estimate of drug-likeness (QED) is 0.819. The van der Waals surface area contributed by atoms with Crippen molar-refractivity contribution in [2.45, 2.75) is 6.42 Å². The molecule has 0 unspecified atom stereocenters. The SMILES string of the molecule is CN1CCN(C(=O)CNCCc2ccc(Br)s2)CC1. The van der Waals surface area contributed by atoms with Gasteiger partial charge in [-0.1, -0.05) is 0 Å². The van der Waals surface area contributed by atoms with E-state index in [4.69, 9.17) is 0 Å². The Kier molecular flexibility index (Phi) is 5.81. The Hall–Kier alpha value is -0.430. The summed E-state index contributed by atoms with van der Waals surface area (Å²) in [6, 6.07) is 4.19. The van der Waals surface area contributed by atoms with Gasteiger partial charge in [0.2, 0.25) is 5.91 Å². The molecule has 0 spiro atoms. The molecule has 1 aliphatic rings. The molecule has 4 nitrogen and oxygen atoms in total. The van der Waals surface area contributed by atoms with Crippen molar-refractivity contribution in [3.8, 4) is 0 Å². The highest BCUT2D eigenvalue weighted by atomic mass is 79.9. The Balaban J connectivity index is 1.61. The molecule has 1 aliphatic heterocycles. The number of likely N-dealkylation sites (N-methyl/N-ethyl adjacent to an activating group) is 1. The standard InChI is InChI=1S/C13H20BrN3OS/c1-16-6-8-17(9-7-16)13(18)10-15-5-4-11-2-3-12(14)19-11/h2-3,15H,4-10H2,1H3. The van der Waals surface area contributed by atoms with Crippen molar-refractivity contribution in [1.29, 1.82) is 0 Å². The molecule has 2 heterocycles. The number of carbonyl (C=O) groups is 1. The number of rotatable bonds is 5. The maximum Gasteiger partial charge on any atom is 0.236 e. The average Bonchev–Trinajstić information content (AvgIpc) is 2.81. The number of piperazine rings is 1. The Bertz CT molecular complexity index is 416. The van der Waals surface area contributed by atoms with E-state index in [1.165, 1.54) is 4.88 Å². The lowest BCUT2D eigenvalue weighted by Gasteiger charge is -2.32. The van der Waals surface area contributed by atoms with Crippen molar-refractivity contribution in [1.82, 2.24) is 15.1 Å². The van der Waals surface area contributed by atoms with E-state index in [-0.39, 0.29) is 5.91 Å². The Morgan fingerprint density at radius 1 is 1.37 bits per heavy atom. The molecule has 0 atom stereocenters. The second kappa shape index (κ2) is 7.38. The molecule has 1 aromatic heterocycles. The monoisotopic (exact) mass is 345 g/mol. The van der Waals surface area contributed by atoms with Crippen molar-refractivity contribution in [3.05, 3.63) is 20.8 Å². The molecule has 19 heavy (non-hydrogen) atoms. The second-order valence-corrected chi connectivity index (χ2v) is 7.36. The molecule has 0 aliphatic carbocycles. The topological polar surface area (TPSA) is 35.6 Å². The van der Waals surface area contributed by atoms with Crippen LogP contribution < -0.4 is 5.32 Å². The molecule has 0 radical (unpaired) electrons. The largest absolute Gasteiger partial charge is 0.339 e. The van der Waals surface area contributed by atoms with Crippen LogP contribution in [0.3, 0.4) is 0 Å². The zero-order valence-electron chi connectivity index (χ0n) is 11.2. The van der Waals surface area contributed by atoms with Crippen molar-refractivity contribution in [3.63, 3.8) is 0 Å². The predicted molar refractivity (Wildman–Crippen MR) is 82.7 cm³/mol. The Labute approximate surface area is 126 Å². The highest BCUT2D eigenvalue weighted by Crippen LogP contribution is 2.21. The summed E-state index contributed by atoms with van der Waals surface area (Å²) in [4.78, 5) is 17.5. The van der Waals surface area contributed by atoms with Crippen molar-refractivity contribution in [2.75, 3.05) is 46.3 Å². The third kappa shape index (κ3) is 4.87. The summed E-state index contributed by atoms with van der Waals surface area (Å²) in [6.07, 6.45) is 0.978. The minimum absolute atomic E-state index is 0.223. The van der Waals surface area contributed by atoms with E-state index >= 15 is 0 Å². The van der Waals surface area contributed by atoms with Crippen LogP contribution in [0.15, 0.2) is 15.9 Å². The van der Waals surface area contributed by atoms with Crippen molar-refractivity contribution in [2.24, 2.45) is 0 Å². The van der Waals surface area contributed by atoms with E-state index in [1.807, 2.05) is 4.90 Å². The fourth-order valence-corrected chi connectivity index (χ4v) is 3.54. The normalized spacial score (nSPS) is 16.8. The van der Waals surface area contributed by atoms with Gasteiger partial charge in [0.15, 0.2) is 0 Å². The maximum absolute atomic E-state index is 12.0. The second-order valence-electron chi connectivity index (χ2n) is 4.82. The first-order chi connectivity index (χ1) is 9.15. The van der Waals surface area contributed by atoms with E-state index in [2.05, 4.69) is 45.3 Å². The molecule has 1 saturated heterocycles. The highest BCUT2D eigenvalue weighted by molar-refractivity contribution is 9.11. The van der Waals surface area contributed by atoms with Crippen molar-refractivity contribution >= 4 is 33.2 Å². The van der Waals surface area contributed by atoms with E-state index in [0.29, 0.717) is 6.54 Å². The number of hydrogen-bond donors (Lipinski definition) is 1. The molecule has 0 aromatic carbocycles. The third-order valence-electron chi connectivity index (χ3n) is 3.31. The smallest absolute Gasteiger partial charge is 0.236 e. The van der Waals surface area contributed by atoms with Gasteiger partial charge in [-0.3, -0.25) is 4.79 Å². The lowest BCUT2D eigenvalue weighted by atomic mass is 10.3. The molecular weight excluding hydrogens is 326 g/mol. The summed E-state index contributed by atoms with van der Waals surface area (Å²) in [5.41, 5.74) is 0. The van der Waals surface area contributed by atoms with Crippen LogP contribution in [-0.4, -0.2) is 62.0 Å². The number of nitrogens with zero attached hydrogens (tertiary/aromatic N) is 2. The third-order valence-corrected chi connectivity index (χ3v) is 4.99. The van der Waals surface area contributed by atoms with Crippen LogP contribution in [0.4, 0.5) is 0 Å². The number of amides is 1. The maximum atomic E-state index is 12.0. The fraction of sp³-hybridized carbons (Fsp3) is 0.615. The van der Waals surface area contributed by atoms with E-state index in [1.54, 1.807) is 11.3 Å². The first-order valence-electron chi connectivity index (χ1n) is 6.56. The lowest BCUT2D eigenvalue weighted by Crippen LogP contribution is -2.49. The van der Waals surface area contributed by atoms with Crippen LogP contribution in [0.1, 0.15) is 4.88 Å². The molecule has 1 N–H and O–H groups in total. The van der Waals surface area contributed by atoms with Crippen LogP contribution in [-0.2, 0) is 11.2 Å². The molecule has 0 bridgehead atoms. The highest BCUT2D eigenvalue weighted by Gasteiger charge is 2.18. The van der Waals surface area contributed by atoms with Crippen LogP contribution in [0.25, 0.3) is 0 Å². The fourth-order valence-electron chi connectivity index (χ4n) is 2.06. The lowest BCUT2D eigenvalue weighted by molar-refractivity contribution is -0.131. The molecule has 1 amide bonds. The van der Waals surface area contributed by atoms with Gasteiger partial charge >= 0.3 is 0 Å². The molecule has 0 saturated carbocycles. The number of nitrogens with one attached hydrogen (secondary N) is 1. The summed E-state index contributed by atoms with van der Waals surface area (Å²) in [5, 5.41) is 3.24. The number of carbonyl (C=O) groups excluding carboxylic acids is 1. The first-order valence-corrected chi connectivity index (χ1v) is 8.17. The van der Waals surface area contributed by atoms with Crippen molar-refractivity contribution < 1.29 is 4.79 Å². The number of thiophene rings is 1. The zero-order chi connectivity index (χ0) is 13.7. The molecule has 106 valence electrons. The summed E-state index contributed by atoms with van der Waals surface area (Å²) >= 11 is 5.21. The van der Waals surface area contributed by atoms with Gasteiger partial charge < -0.3 is 15.1 Å². The summed E-state index contributed by atoms with van der Waals surface area (Å²) < 4.78 is 1.16. The van der Waals surface area contributed by atoms with Gasteiger partial charge in [-0.05, 0) is 41.5 Å². The average molecular weight is 346 g/mol. The molecular formula is C13H20BrN3OS. The Morgan fingerprint density at radius 3 is 2.74 bits per heavy atom. The van der Waals surface area contributed by atoms with Crippen LogP contribution >= 0.6 is 27.3 Å². The van der Waals surface area contributed by atoms with Crippen LogP contribution in [0.2, 0.25) is 0 Å². The van der Waals surface area contributed by atoms with E-state index in [9.17, 15) is 4.79 Å².